The van der Waals surface area contributed by atoms with Gasteiger partial charge >= 0.3 is 0 Å². The molecule has 29 heavy (non-hydrogen) atoms. The van der Waals surface area contributed by atoms with E-state index in [0.717, 1.165) is 27.7 Å². The van der Waals surface area contributed by atoms with Gasteiger partial charge in [0, 0.05) is 7.05 Å². The van der Waals surface area contributed by atoms with Gasteiger partial charge in [-0.05, 0) is 50.5 Å². The Morgan fingerprint density at radius 3 is 2.66 bits per heavy atom. The minimum atomic E-state index is 0.144. The Bertz CT molecular complexity index is 1180. The van der Waals surface area contributed by atoms with Crippen molar-refractivity contribution in [3.63, 3.8) is 0 Å². The van der Waals surface area contributed by atoms with Gasteiger partial charge in [0.1, 0.15) is 10.8 Å². The van der Waals surface area contributed by atoms with Crippen LogP contribution in [0.4, 0.5) is 0 Å². The summed E-state index contributed by atoms with van der Waals surface area (Å²) in [6, 6.07) is 16.2. The summed E-state index contributed by atoms with van der Waals surface area (Å²) in [4.78, 5) is 6.99. The maximum absolute atomic E-state index is 5.65. The molecule has 0 fully saturated rings. The van der Waals surface area contributed by atoms with Gasteiger partial charge in [0.05, 0.1) is 35.6 Å². The van der Waals surface area contributed by atoms with Gasteiger partial charge in [-0.2, -0.15) is 5.10 Å². The zero-order valence-corrected chi connectivity index (χ0v) is 18.5. The molecular formula is C21H23N5OS2. The van der Waals surface area contributed by atoms with Crippen molar-refractivity contribution < 1.29 is 4.74 Å². The summed E-state index contributed by atoms with van der Waals surface area (Å²) < 4.78 is 11.1. The number of hydrogen-bond donors (Lipinski definition) is 0. The summed E-state index contributed by atoms with van der Waals surface area (Å²) in [5.74, 6) is 1.56. The van der Waals surface area contributed by atoms with Gasteiger partial charge in [-0.1, -0.05) is 24.3 Å². The van der Waals surface area contributed by atoms with Crippen LogP contribution in [0.5, 0.6) is 5.75 Å². The molecule has 2 aromatic heterocycles. The second kappa shape index (κ2) is 8.06. The highest BCUT2D eigenvalue weighted by atomic mass is 32.1. The summed E-state index contributed by atoms with van der Waals surface area (Å²) >= 11 is 7.38. The third-order valence-corrected chi connectivity index (χ3v) is 6.77. The van der Waals surface area contributed by atoms with Crippen LogP contribution >= 0.6 is 23.6 Å². The molecule has 0 aliphatic heterocycles. The van der Waals surface area contributed by atoms with Gasteiger partial charge in [-0.3, -0.25) is 4.90 Å². The number of nitrogens with zero attached hydrogens (tertiary/aromatic N) is 5. The van der Waals surface area contributed by atoms with Gasteiger partial charge in [0.15, 0.2) is 10.6 Å². The Kier molecular flexibility index (Phi) is 5.49. The van der Waals surface area contributed by atoms with Gasteiger partial charge < -0.3 is 9.30 Å². The molecule has 8 heteroatoms. The first-order valence-electron chi connectivity index (χ1n) is 9.32. The normalized spacial score (nSPS) is 12.6. The van der Waals surface area contributed by atoms with Crippen LogP contribution in [0, 0.1) is 4.77 Å². The summed E-state index contributed by atoms with van der Waals surface area (Å²) in [5.41, 5.74) is 1.96. The smallest absolute Gasteiger partial charge is 0.199 e. The second-order valence-corrected chi connectivity index (χ2v) is 8.39. The molecule has 150 valence electrons. The lowest BCUT2D eigenvalue weighted by Crippen LogP contribution is -2.26. The topological polar surface area (TPSA) is 48.1 Å². The molecule has 4 rings (SSSR count). The lowest BCUT2D eigenvalue weighted by atomic mass is 10.2. The lowest BCUT2D eigenvalue weighted by Gasteiger charge is -2.22. The summed E-state index contributed by atoms with van der Waals surface area (Å²) in [6.45, 7) is 2.73. The minimum Gasteiger partial charge on any atom is -0.496 e. The standard InChI is InChI=1S/C21H23N5OS2/c1-14(20-22-16-10-6-8-12-18(16)29-20)24(2)13-26-21(28)25(3)19(23-26)15-9-5-7-11-17(15)27-4/h5-12,14H,13H2,1-4H3/t14-/m1/s1. The molecule has 4 aromatic rings. The van der Waals surface area contributed by atoms with Crippen LogP contribution in [0.15, 0.2) is 48.5 Å². The van der Waals surface area contributed by atoms with Crippen molar-refractivity contribution in [1.29, 1.82) is 0 Å². The zero-order valence-electron chi connectivity index (χ0n) is 16.9. The van der Waals surface area contributed by atoms with E-state index in [1.807, 2.05) is 52.7 Å². The van der Waals surface area contributed by atoms with E-state index in [9.17, 15) is 0 Å². The average Bonchev–Trinajstić information content (AvgIpc) is 3.29. The van der Waals surface area contributed by atoms with Crippen molar-refractivity contribution in [1.82, 2.24) is 24.2 Å². The summed E-state index contributed by atoms with van der Waals surface area (Å²) in [7, 11) is 5.67. The molecule has 0 spiro atoms. The van der Waals surface area contributed by atoms with Crippen LogP contribution in [0.2, 0.25) is 0 Å². The number of methoxy groups -OCH3 is 1. The molecule has 0 saturated heterocycles. The molecule has 0 radical (unpaired) electrons. The number of benzene rings is 2. The number of thiazole rings is 1. The van der Waals surface area contributed by atoms with Crippen molar-refractivity contribution >= 4 is 33.8 Å². The predicted molar refractivity (Wildman–Crippen MR) is 120 cm³/mol. The van der Waals surface area contributed by atoms with E-state index in [1.54, 1.807) is 18.4 Å². The van der Waals surface area contributed by atoms with Crippen LogP contribution in [-0.4, -0.2) is 38.4 Å². The molecule has 0 aliphatic rings. The van der Waals surface area contributed by atoms with Crippen molar-refractivity contribution in [3.8, 4) is 17.1 Å². The number of ether oxygens (including phenoxy) is 1. The van der Waals surface area contributed by atoms with Gasteiger partial charge in [0.2, 0.25) is 0 Å². The fourth-order valence-corrected chi connectivity index (χ4v) is 4.50. The van der Waals surface area contributed by atoms with E-state index < -0.39 is 0 Å². The van der Waals surface area contributed by atoms with Gasteiger partial charge in [-0.15, -0.1) is 11.3 Å². The van der Waals surface area contributed by atoms with E-state index in [2.05, 4.69) is 31.0 Å². The number of fused-ring (bicyclic) bond motifs is 1. The average molecular weight is 426 g/mol. The van der Waals surface area contributed by atoms with Crippen LogP contribution in [-0.2, 0) is 13.7 Å². The number of aromatic nitrogens is 4. The number of rotatable bonds is 6. The highest BCUT2D eigenvalue weighted by Crippen LogP contribution is 2.30. The Hall–Kier alpha value is -2.55. The quantitative estimate of drug-likeness (QED) is 0.412. The molecule has 0 N–H and O–H groups in total. The highest BCUT2D eigenvalue weighted by Gasteiger charge is 2.19. The van der Waals surface area contributed by atoms with Gasteiger partial charge in [0.25, 0.3) is 0 Å². The molecule has 0 bridgehead atoms. The van der Waals surface area contributed by atoms with Crippen LogP contribution in [0.25, 0.3) is 21.6 Å². The van der Waals surface area contributed by atoms with Crippen LogP contribution in [0.1, 0.15) is 18.0 Å². The monoisotopic (exact) mass is 425 g/mol. The van der Waals surface area contributed by atoms with E-state index in [1.165, 1.54) is 4.70 Å². The minimum absolute atomic E-state index is 0.144. The van der Waals surface area contributed by atoms with Crippen molar-refractivity contribution in [2.75, 3.05) is 14.2 Å². The Morgan fingerprint density at radius 2 is 1.90 bits per heavy atom. The molecule has 0 aliphatic carbocycles. The maximum atomic E-state index is 5.65. The van der Waals surface area contributed by atoms with E-state index in [4.69, 9.17) is 27.0 Å². The van der Waals surface area contributed by atoms with E-state index in [0.29, 0.717) is 11.4 Å². The first kappa shape index (κ1) is 19.8. The van der Waals surface area contributed by atoms with Crippen molar-refractivity contribution in [3.05, 3.63) is 58.3 Å². The van der Waals surface area contributed by atoms with Crippen molar-refractivity contribution in [2.24, 2.45) is 7.05 Å². The summed E-state index contributed by atoms with van der Waals surface area (Å²) in [5, 5.41) is 5.87. The predicted octanol–water partition coefficient (Wildman–Crippen LogP) is 4.89. The van der Waals surface area contributed by atoms with Gasteiger partial charge in [-0.25, -0.2) is 9.67 Å². The lowest BCUT2D eigenvalue weighted by molar-refractivity contribution is 0.194. The third-order valence-electron chi connectivity index (χ3n) is 5.07. The second-order valence-electron chi connectivity index (χ2n) is 6.96. The van der Waals surface area contributed by atoms with Crippen LogP contribution < -0.4 is 4.74 Å². The molecule has 1 atom stereocenters. The number of para-hydroxylation sites is 2. The Labute approximate surface area is 179 Å². The molecule has 0 saturated carbocycles. The number of hydrogen-bond acceptors (Lipinski definition) is 6. The molecule has 0 amide bonds. The fourth-order valence-electron chi connectivity index (χ4n) is 3.23. The largest absolute Gasteiger partial charge is 0.496 e. The SMILES string of the molecule is COc1ccccc1-c1nn(CN(C)[C@H](C)c2nc3ccccc3s2)c(=S)n1C. The Morgan fingerprint density at radius 1 is 1.17 bits per heavy atom. The van der Waals surface area contributed by atoms with E-state index >= 15 is 0 Å². The highest BCUT2D eigenvalue weighted by molar-refractivity contribution is 7.71. The zero-order chi connectivity index (χ0) is 20.5. The van der Waals surface area contributed by atoms with Crippen molar-refractivity contribution in [2.45, 2.75) is 19.6 Å². The van der Waals surface area contributed by atoms with E-state index in [-0.39, 0.29) is 6.04 Å². The molecule has 2 heterocycles. The first-order chi connectivity index (χ1) is 14.0. The Balaban J connectivity index is 1.61. The first-order valence-corrected chi connectivity index (χ1v) is 10.5. The molecule has 0 unspecified atom stereocenters. The third kappa shape index (κ3) is 3.71. The maximum Gasteiger partial charge on any atom is 0.199 e. The molecule has 2 aromatic carbocycles. The fraction of sp³-hybridized carbons (Fsp3) is 0.286. The van der Waals surface area contributed by atoms with Crippen LogP contribution in [0.3, 0.4) is 0 Å². The summed E-state index contributed by atoms with van der Waals surface area (Å²) in [6.07, 6.45) is 0. The molecule has 6 nitrogen and oxygen atoms in total. The molecular weight excluding hydrogens is 402 g/mol.